The highest BCUT2D eigenvalue weighted by Crippen LogP contribution is 2.19. The molecule has 2 rings (SSSR count). The number of aromatic nitrogens is 1. The van der Waals surface area contributed by atoms with Crippen molar-refractivity contribution in [1.82, 2.24) is 4.98 Å². The van der Waals surface area contributed by atoms with Gasteiger partial charge in [0.15, 0.2) is 0 Å². The highest BCUT2D eigenvalue weighted by molar-refractivity contribution is 7.11. The van der Waals surface area contributed by atoms with Gasteiger partial charge in [-0.1, -0.05) is 31.2 Å². The molecule has 0 aliphatic rings. The zero-order valence-corrected chi connectivity index (χ0v) is 11.8. The van der Waals surface area contributed by atoms with E-state index in [1.54, 1.807) is 11.3 Å². The van der Waals surface area contributed by atoms with Crippen LogP contribution in [0.2, 0.25) is 0 Å². The monoisotopic (exact) mass is 261 g/mol. The first-order valence-electron chi connectivity index (χ1n) is 6.36. The average molecular weight is 261 g/mol. The SMILES string of the molecule is CCc1ccc(CCc2nc(C)c(CO)s2)cc1. The second-order valence-corrected chi connectivity index (χ2v) is 5.61. The first kappa shape index (κ1) is 13.2. The molecule has 0 aliphatic heterocycles. The van der Waals surface area contributed by atoms with Crippen LogP contribution in [0.5, 0.6) is 0 Å². The molecule has 96 valence electrons. The predicted octanol–water partition coefficient (Wildman–Crippen LogP) is 3.29. The lowest BCUT2D eigenvalue weighted by Crippen LogP contribution is -1.91. The fourth-order valence-electron chi connectivity index (χ4n) is 1.93. The quantitative estimate of drug-likeness (QED) is 0.896. The molecular weight excluding hydrogens is 242 g/mol. The first-order valence-corrected chi connectivity index (χ1v) is 7.18. The maximum atomic E-state index is 9.15. The fraction of sp³-hybridized carbons (Fsp3) is 0.400. The van der Waals surface area contributed by atoms with E-state index in [-0.39, 0.29) is 6.61 Å². The molecular formula is C15H19NOS. The van der Waals surface area contributed by atoms with E-state index in [1.807, 2.05) is 6.92 Å². The molecule has 0 saturated heterocycles. The minimum Gasteiger partial charge on any atom is -0.391 e. The second kappa shape index (κ2) is 6.12. The van der Waals surface area contributed by atoms with Gasteiger partial charge in [0.2, 0.25) is 0 Å². The zero-order valence-electron chi connectivity index (χ0n) is 10.9. The van der Waals surface area contributed by atoms with Crippen LogP contribution in [0.15, 0.2) is 24.3 Å². The van der Waals surface area contributed by atoms with Crippen LogP contribution >= 0.6 is 11.3 Å². The van der Waals surface area contributed by atoms with Gasteiger partial charge in [-0.05, 0) is 30.9 Å². The molecule has 1 N–H and O–H groups in total. The van der Waals surface area contributed by atoms with E-state index >= 15 is 0 Å². The Morgan fingerprint density at radius 3 is 2.33 bits per heavy atom. The van der Waals surface area contributed by atoms with Crippen LogP contribution in [0.1, 0.15) is 33.6 Å². The predicted molar refractivity (Wildman–Crippen MR) is 76.0 cm³/mol. The number of hydrogen-bond acceptors (Lipinski definition) is 3. The molecule has 0 bridgehead atoms. The second-order valence-electron chi connectivity index (χ2n) is 4.44. The fourth-order valence-corrected chi connectivity index (χ4v) is 2.86. The minimum atomic E-state index is 0.106. The Morgan fingerprint density at radius 2 is 1.78 bits per heavy atom. The summed E-state index contributed by atoms with van der Waals surface area (Å²) < 4.78 is 0. The lowest BCUT2D eigenvalue weighted by molar-refractivity contribution is 0.284. The van der Waals surface area contributed by atoms with Crippen LogP contribution in [-0.4, -0.2) is 10.1 Å². The molecule has 2 aromatic rings. The van der Waals surface area contributed by atoms with Crippen molar-refractivity contribution in [2.24, 2.45) is 0 Å². The number of nitrogens with zero attached hydrogens (tertiary/aromatic N) is 1. The zero-order chi connectivity index (χ0) is 13.0. The van der Waals surface area contributed by atoms with Crippen LogP contribution in [-0.2, 0) is 25.9 Å². The van der Waals surface area contributed by atoms with Crippen LogP contribution in [0.4, 0.5) is 0 Å². The normalized spacial score (nSPS) is 10.8. The van der Waals surface area contributed by atoms with Crippen LogP contribution in [0.3, 0.4) is 0 Å². The summed E-state index contributed by atoms with van der Waals surface area (Å²) in [7, 11) is 0. The van der Waals surface area contributed by atoms with E-state index in [4.69, 9.17) is 5.11 Å². The van der Waals surface area contributed by atoms with Crippen molar-refractivity contribution < 1.29 is 5.11 Å². The van der Waals surface area contributed by atoms with E-state index in [0.717, 1.165) is 34.8 Å². The minimum absolute atomic E-state index is 0.106. The van der Waals surface area contributed by atoms with Gasteiger partial charge in [-0.15, -0.1) is 11.3 Å². The van der Waals surface area contributed by atoms with Gasteiger partial charge in [0, 0.05) is 6.42 Å². The largest absolute Gasteiger partial charge is 0.391 e. The van der Waals surface area contributed by atoms with Crippen LogP contribution in [0.25, 0.3) is 0 Å². The van der Waals surface area contributed by atoms with Gasteiger partial charge in [-0.25, -0.2) is 4.98 Å². The number of aliphatic hydroxyl groups excluding tert-OH is 1. The van der Waals surface area contributed by atoms with Crippen LogP contribution in [0, 0.1) is 6.92 Å². The molecule has 3 heteroatoms. The number of rotatable bonds is 5. The molecule has 0 unspecified atom stereocenters. The third-order valence-electron chi connectivity index (χ3n) is 3.14. The van der Waals surface area contributed by atoms with E-state index in [1.165, 1.54) is 11.1 Å². The molecule has 0 saturated carbocycles. The van der Waals surface area contributed by atoms with E-state index in [9.17, 15) is 0 Å². The van der Waals surface area contributed by atoms with Gasteiger partial charge < -0.3 is 5.11 Å². The number of hydrogen-bond donors (Lipinski definition) is 1. The molecule has 0 amide bonds. The number of benzene rings is 1. The molecule has 1 aromatic carbocycles. The van der Waals surface area contributed by atoms with Gasteiger partial charge >= 0.3 is 0 Å². The molecule has 0 aliphatic carbocycles. The first-order chi connectivity index (χ1) is 8.72. The van der Waals surface area contributed by atoms with E-state index < -0.39 is 0 Å². The highest BCUT2D eigenvalue weighted by atomic mass is 32.1. The topological polar surface area (TPSA) is 33.1 Å². The van der Waals surface area contributed by atoms with Gasteiger partial charge in [-0.3, -0.25) is 0 Å². The van der Waals surface area contributed by atoms with Crippen LogP contribution < -0.4 is 0 Å². The molecule has 1 aromatic heterocycles. The van der Waals surface area contributed by atoms with E-state index in [0.29, 0.717) is 0 Å². The molecule has 1 heterocycles. The summed E-state index contributed by atoms with van der Waals surface area (Å²) in [4.78, 5) is 5.48. The van der Waals surface area contributed by atoms with Gasteiger partial charge in [0.25, 0.3) is 0 Å². The number of thiazole rings is 1. The van der Waals surface area contributed by atoms with Crippen molar-refractivity contribution in [3.63, 3.8) is 0 Å². The van der Waals surface area contributed by atoms with Crippen molar-refractivity contribution >= 4 is 11.3 Å². The Bertz CT molecular complexity index is 502. The van der Waals surface area contributed by atoms with Crippen molar-refractivity contribution in [3.05, 3.63) is 51.0 Å². The maximum Gasteiger partial charge on any atom is 0.0935 e. The summed E-state index contributed by atoms with van der Waals surface area (Å²) in [5.74, 6) is 0. The van der Waals surface area contributed by atoms with Gasteiger partial charge in [-0.2, -0.15) is 0 Å². The maximum absolute atomic E-state index is 9.15. The average Bonchev–Trinajstić information content (AvgIpc) is 2.77. The third kappa shape index (κ3) is 3.18. The Morgan fingerprint density at radius 1 is 1.11 bits per heavy atom. The van der Waals surface area contributed by atoms with Crippen molar-refractivity contribution in [1.29, 1.82) is 0 Å². The molecule has 0 fully saturated rings. The van der Waals surface area contributed by atoms with Gasteiger partial charge in [0.1, 0.15) is 0 Å². The summed E-state index contributed by atoms with van der Waals surface area (Å²) in [5, 5.41) is 10.3. The van der Waals surface area contributed by atoms with Crippen molar-refractivity contribution in [3.8, 4) is 0 Å². The molecule has 0 radical (unpaired) electrons. The summed E-state index contributed by atoms with van der Waals surface area (Å²) >= 11 is 1.63. The third-order valence-corrected chi connectivity index (χ3v) is 4.34. The standard InChI is InChI=1S/C15H19NOS/c1-3-12-4-6-13(7-5-12)8-9-15-16-11(2)14(10-17)18-15/h4-7,17H,3,8-10H2,1-2H3. The highest BCUT2D eigenvalue weighted by Gasteiger charge is 2.06. The summed E-state index contributed by atoms with van der Waals surface area (Å²) in [6, 6.07) is 8.79. The molecule has 18 heavy (non-hydrogen) atoms. The smallest absolute Gasteiger partial charge is 0.0935 e. The van der Waals surface area contributed by atoms with Crippen molar-refractivity contribution in [2.75, 3.05) is 0 Å². The number of aliphatic hydroxyl groups is 1. The molecule has 0 atom stereocenters. The lowest BCUT2D eigenvalue weighted by atomic mass is 10.1. The number of aryl methyl sites for hydroxylation is 4. The molecule has 0 spiro atoms. The summed E-state index contributed by atoms with van der Waals surface area (Å²) in [6.45, 7) is 4.24. The Hall–Kier alpha value is -1.19. The summed E-state index contributed by atoms with van der Waals surface area (Å²) in [5.41, 5.74) is 3.70. The Labute approximate surface area is 112 Å². The Balaban J connectivity index is 1.97. The van der Waals surface area contributed by atoms with Crippen molar-refractivity contribution in [2.45, 2.75) is 39.7 Å². The summed E-state index contributed by atoms with van der Waals surface area (Å²) in [6.07, 6.45) is 3.06. The molecule has 2 nitrogen and oxygen atoms in total. The van der Waals surface area contributed by atoms with E-state index in [2.05, 4.69) is 36.2 Å². The Kier molecular flexibility index (Phi) is 4.50. The lowest BCUT2D eigenvalue weighted by Gasteiger charge is -2.01. The van der Waals surface area contributed by atoms with Gasteiger partial charge in [0.05, 0.1) is 22.2 Å².